The van der Waals surface area contributed by atoms with E-state index < -0.39 is 18.1 Å². The maximum atomic E-state index is 13.5. The number of carbonyl (C=O) groups excluding carboxylic acids is 1. The zero-order valence-corrected chi connectivity index (χ0v) is 16.0. The van der Waals surface area contributed by atoms with E-state index in [0.29, 0.717) is 44.6 Å². The number of nitrogens with one attached hydrogen (secondary N) is 1. The monoisotopic (exact) mass is 407 g/mol. The van der Waals surface area contributed by atoms with E-state index in [1.807, 2.05) is 30.3 Å². The smallest absolute Gasteiger partial charge is 0.381 e. The van der Waals surface area contributed by atoms with E-state index in [9.17, 15) is 18.0 Å². The van der Waals surface area contributed by atoms with E-state index in [4.69, 9.17) is 4.74 Å². The quantitative estimate of drug-likeness (QED) is 0.841. The summed E-state index contributed by atoms with van der Waals surface area (Å²) >= 11 is 0. The number of nitrogens with zero attached hydrogens (tertiary/aromatic N) is 2. The highest BCUT2D eigenvalue weighted by Gasteiger charge is 2.43. The molecule has 2 aromatic rings. The third-order valence-corrected chi connectivity index (χ3v) is 5.89. The van der Waals surface area contributed by atoms with Crippen LogP contribution in [-0.2, 0) is 27.9 Å². The lowest BCUT2D eigenvalue weighted by molar-refractivity contribution is -0.142. The molecule has 1 amide bonds. The summed E-state index contributed by atoms with van der Waals surface area (Å²) < 4.78 is 44.7. The number of hydrogen-bond acceptors (Lipinski definition) is 3. The first-order chi connectivity index (χ1) is 13.9. The molecule has 1 aromatic carbocycles. The molecule has 0 unspecified atom stereocenters. The zero-order valence-electron chi connectivity index (χ0n) is 16.0. The van der Waals surface area contributed by atoms with Gasteiger partial charge in [-0.05, 0) is 43.2 Å². The Labute approximate surface area is 167 Å². The third-order valence-electron chi connectivity index (χ3n) is 5.89. The molecule has 1 fully saturated rings. The molecule has 4 rings (SSSR count). The summed E-state index contributed by atoms with van der Waals surface area (Å²) in [6.07, 6.45) is 0.433. The number of benzene rings is 1. The van der Waals surface area contributed by atoms with Crippen molar-refractivity contribution in [1.29, 1.82) is 0 Å². The van der Waals surface area contributed by atoms with Crippen LogP contribution in [0.4, 0.5) is 13.2 Å². The Bertz CT molecular complexity index is 858. The Hall–Kier alpha value is -2.35. The molecule has 1 aliphatic heterocycles. The van der Waals surface area contributed by atoms with Crippen molar-refractivity contribution in [2.24, 2.45) is 0 Å². The first-order valence-electron chi connectivity index (χ1n) is 9.95. The van der Waals surface area contributed by atoms with E-state index in [1.165, 1.54) is 6.20 Å². The third kappa shape index (κ3) is 4.17. The zero-order chi connectivity index (χ0) is 20.5. The van der Waals surface area contributed by atoms with Crippen LogP contribution in [0.15, 0.2) is 36.5 Å². The SMILES string of the molecule is O=C(N[C@H]1CCCc2cn(CC(F)(F)F)nc21)C1(c2ccccc2)CCOCC1. The summed E-state index contributed by atoms with van der Waals surface area (Å²) in [5, 5.41) is 7.28. The average Bonchev–Trinajstić information content (AvgIpc) is 3.10. The minimum atomic E-state index is -4.33. The fraction of sp³-hybridized carbons (Fsp3) is 0.524. The molecule has 5 nitrogen and oxygen atoms in total. The Morgan fingerprint density at radius 2 is 1.97 bits per heavy atom. The molecule has 0 bridgehead atoms. The molecular formula is C21H24F3N3O2. The summed E-state index contributed by atoms with van der Waals surface area (Å²) in [6.45, 7) is -0.122. The van der Waals surface area contributed by atoms with Gasteiger partial charge in [-0.3, -0.25) is 9.48 Å². The number of fused-ring (bicyclic) bond motifs is 1. The first-order valence-corrected chi connectivity index (χ1v) is 9.95. The van der Waals surface area contributed by atoms with Crippen LogP contribution in [-0.4, -0.2) is 35.1 Å². The average molecular weight is 407 g/mol. The second-order valence-electron chi connectivity index (χ2n) is 7.83. The minimum absolute atomic E-state index is 0.102. The maximum absolute atomic E-state index is 13.5. The molecule has 8 heteroatoms. The lowest BCUT2D eigenvalue weighted by Gasteiger charge is -2.37. The van der Waals surface area contributed by atoms with Gasteiger partial charge in [-0.25, -0.2) is 0 Å². The molecule has 0 radical (unpaired) electrons. The molecule has 1 aliphatic carbocycles. The van der Waals surface area contributed by atoms with Gasteiger partial charge in [0.05, 0.1) is 17.2 Å². The molecule has 1 saturated heterocycles. The van der Waals surface area contributed by atoms with Gasteiger partial charge in [0.1, 0.15) is 6.54 Å². The minimum Gasteiger partial charge on any atom is -0.381 e. The second-order valence-corrected chi connectivity index (χ2v) is 7.83. The number of rotatable bonds is 4. The van der Waals surface area contributed by atoms with Crippen LogP contribution >= 0.6 is 0 Å². The van der Waals surface area contributed by atoms with E-state index in [2.05, 4.69) is 10.4 Å². The van der Waals surface area contributed by atoms with Crippen molar-refractivity contribution in [2.75, 3.05) is 13.2 Å². The van der Waals surface area contributed by atoms with E-state index >= 15 is 0 Å². The van der Waals surface area contributed by atoms with Gasteiger partial charge in [0, 0.05) is 19.4 Å². The standard InChI is InChI=1S/C21H24F3N3O2/c22-21(23,24)14-27-13-15-5-4-8-17(18(15)26-27)25-19(28)20(9-11-29-12-10-20)16-6-2-1-3-7-16/h1-3,6-7,13,17H,4-5,8-12,14H2,(H,25,28)/t17-/m0/s1. The number of amides is 1. The van der Waals surface area contributed by atoms with Crippen molar-refractivity contribution in [1.82, 2.24) is 15.1 Å². The molecule has 1 N–H and O–H groups in total. The molecular weight excluding hydrogens is 383 g/mol. The number of aromatic nitrogens is 2. The highest BCUT2D eigenvalue weighted by molar-refractivity contribution is 5.88. The molecule has 0 saturated carbocycles. The maximum Gasteiger partial charge on any atom is 0.408 e. The lowest BCUT2D eigenvalue weighted by Crippen LogP contribution is -2.49. The molecule has 156 valence electrons. The van der Waals surface area contributed by atoms with Gasteiger partial charge in [0.25, 0.3) is 0 Å². The van der Waals surface area contributed by atoms with Crippen molar-refractivity contribution < 1.29 is 22.7 Å². The summed E-state index contributed by atoms with van der Waals surface area (Å²) in [6, 6.07) is 9.28. The van der Waals surface area contributed by atoms with E-state index in [0.717, 1.165) is 22.2 Å². The van der Waals surface area contributed by atoms with Crippen LogP contribution in [0, 0.1) is 0 Å². The first kappa shape index (κ1) is 19.9. The van der Waals surface area contributed by atoms with Gasteiger partial charge >= 0.3 is 6.18 Å². The van der Waals surface area contributed by atoms with Crippen molar-refractivity contribution >= 4 is 5.91 Å². The molecule has 2 aliphatic rings. The summed E-state index contributed by atoms with van der Waals surface area (Å²) in [7, 11) is 0. The molecule has 1 atom stereocenters. The summed E-state index contributed by atoms with van der Waals surface area (Å²) in [5.41, 5.74) is 1.60. The highest BCUT2D eigenvalue weighted by Crippen LogP contribution is 2.37. The lowest BCUT2D eigenvalue weighted by atomic mass is 9.73. The predicted octanol–water partition coefficient (Wildman–Crippen LogP) is 3.69. The molecule has 1 aromatic heterocycles. The topological polar surface area (TPSA) is 56.2 Å². The van der Waals surface area contributed by atoms with Crippen LogP contribution in [0.25, 0.3) is 0 Å². The fourth-order valence-corrected chi connectivity index (χ4v) is 4.42. The Morgan fingerprint density at radius 3 is 2.66 bits per heavy atom. The number of halogens is 3. The van der Waals surface area contributed by atoms with Gasteiger partial charge < -0.3 is 10.1 Å². The number of ether oxygens (including phenoxy) is 1. The largest absolute Gasteiger partial charge is 0.408 e. The van der Waals surface area contributed by atoms with Crippen LogP contribution in [0.3, 0.4) is 0 Å². The van der Waals surface area contributed by atoms with Gasteiger partial charge in [0.2, 0.25) is 5.91 Å². The summed E-state index contributed by atoms with van der Waals surface area (Å²) in [5.74, 6) is -0.102. The van der Waals surface area contributed by atoms with Crippen LogP contribution in [0.5, 0.6) is 0 Å². The highest BCUT2D eigenvalue weighted by atomic mass is 19.4. The Balaban J connectivity index is 1.58. The van der Waals surface area contributed by atoms with E-state index in [-0.39, 0.29) is 11.9 Å². The number of alkyl halides is 3. The molecule has 2 heterocycles. The normalized spacial score (nSPS) is 21.4. The number of aryl methyl sites for hydroxylation is 1. The van der Waals surface area contributed by atoms with Crippen molar-refractivity contribution in [3.63, 3.8) is 0 Å². The van der Waals surface area contributed by atoms with Crippen molar-refractivity contribution in [3.05, 3.63) is 53.3 Å². The summed E-state index contributed by atoms with van der Waals surface area (Å²) in [4.78, 5) is 13.5. The van der Waals surface area contributed by atoms with Crippen molar-refractivity contribution in [2.45, 2.75) is 56.3 Å². The fourth-order valence-electron chi connectivity index (χ4n) is 4.42. The van der Waals surface area contributed by atoms with Crippen LogP contribution in [0.2, 0.25) is 0 Å². The van der Waals surface area contributed by atoms with Gasteiger partial charge in [-0.2, -0.15) is 18.3 Å². The second kappa shape index (κ2) is 7.82. The molecule has 0 spiro atoms. The number of hydrogen-bond donors (Lipinski definition) is 1. The van der Waals surface area contributed by atoms with Crippen LogP contribution < -0.4 is 5.32 Å². The number of carbonyl (C=O) groups is 1. The van der Waals surface area contributed by atoms with E-state index in [1.54, 1.807) is 0 Å². The van der Waals surface area contributed by atoms with Crippen molar-refractivity contribution in [3.8, 4) is 0 Å². The Morgan fingerprint density at radius 1 is 1.24 bits per heavy atom. The van der Waals surface area contributed by atoms with Gasteiger partial charge in [-0.1, -0.05) is 30.3 Å². The van der Waals surface area contributed by atoms with Gasteiger partial charge in [0.15, 0.2) is 0 Å². The van der Waals surface area contributed by atoms with Gasteiger partial charge in [-0.15, -0.1) is 0 Å². The Kier molecular flexibility index (Phi) is 5.38. The van der Waals surface area contributed by atoms with Crippen LogP contribution in [0.1, 0.15) is 48.5 Å². The molecule has 29 heavy (non-hydrogen) atoms. The predicted molar refractivity (Wildman–Crippen MR) is 100 cm³/mol.